The van der Waals surface area contributed by atoms with Crippen molar-refractivity contribution in [2.75, 3.05) is 36.0 Å². The van der Waals surface area contributed by atoms with Crippen molar-refractivity contribution in [1.82, 2.24) is 0 Å². The van der Waals surface area contributed by atoms with Crippen molar-refractivity contribution in [2.45, 2.75) is 45.2 Å². The van der Waals surface area contributed by atoms with Gasteiger partial charge in [0.05, 0.1) is 0 Å². The molecule has 0 spiro atoms. The highest BCUT2D eigenvalue weighted by atomic mass is 28.3. The monoisotopic (exact) mass is 362 g/mol. The first-order valence-electron chi connectivity index (χ1n) is 10.4. The Morgan fingerprint density at radius 3 is 1.50 bits per heavy atom. The molecule has 2 aromatic carbocycles. The smallest absolute Gasteiger partial charge is 0.113 e. The van der Waals surface area contributed by atoms with Crippen LogP contribution in [0.15, 0.2) is 36.4 Å². The molecule has 0 atom stereocenters. The summed E-state index contributed by atoms with van der Waals surface area (Å²) >= 11 is 0. The standard InChI is InChI=1S/C23H30N2Si/c1-26(2)22-16-20(24-11-3-4-12-24)9-7-18(22)15-19-8-10-21(17-23(19)26)25-13-5-6-14-25/h7-10,16-17H,3-6,11-15H2,1-2H3. The Kier molecular flexibility index (Phi) is 3.89. The van der Waals surface area contributed by atoms with Crippen LogP contribution < -0.4 is 20.2 Å². The maximum absolute atomic E-state index is 2.58. The summed E-state index contributed by atoms with van der Waals surface area (Å²) in [6, 6.07) is 14.7. The number of benzene rings is 2. The molecular formula is C23H30N2Si. The van der Waals surface area contributed by atoms with Gasteiger partial charge in [0.2, 0.25) is 0 Å². The average Bonchev–Trinajstić information content (AvgIpc) is 3.35. The molecule has 26 heavy (non-hydrogen) atoms. The van der Waals surface area contributed by atoms with E-state index >= 15 is 0 Å². The van der Waals surface area contributed by atoms with E-state index in [1.807, 2.05) is 0 Å². The van der Waals surface area contributed by atoms with Gasteiger partial charge in [-0.25, -0.2) is 0 Å². The van der Waals surface area contributed by atoms with Crippen molar-refractivity contribution in [1.29, 1.82) is 0 Å². The summed E-state index contributed by atoms with van der Waals surface area (Å²) < 4.78 is 0. The first-order chi connectivity index (χ1) is 12.6. The van der Waals surface area contributed by atoms with E-state index < -0.39 is 8.07 Å². The first-order valence-corrected chi connectivity index (χ1v) is 13.4. The van der Waals surface area contributed by atoms with Crippen LogP contribution in [0, 0.1) is 0 Å². The molecule has 136 valence electrons. The van der Waals surface area contributed by atoms with Crippen LogP contribution in [0.2, 0.25) is 13.1 Å². The lowest BCUT2D eigenvalue weighted by Crippen LogP contribution is -2.58. The Bertz CT molecular complexity index is 763. The van der Waals surface area contributed by atoms with Gasteiger partial charge in [-0.15, -0.1) is 0 Å². The zero-order chi connectivity index (χ0) is 17.7. The molecular weight excluding hydrogens is 332 g/mol. The van der Waals surface area contributed by atoms with E-state index in [1.54, 1.807) is 21.5 Å². The predicted molar refractivity (Wildman–Crippen MR) is 115 cm³/mol. The molecule has 3 aliphatic heterocycles. The van der Waals surface area contributed by atoms with Gasteiger partial charge in [0.25, 0.3) is 0 Å². The van der Waals surface area contributed by atoms with Crippen molar-refractivity contribution >= 4 is 29.8 Å². The van der Waals surface area contributed by atoms with Crippen LogP contribution >= 0.6 is 0 Å². The number of nitrogens with zero attached hydrogens (tertiary/aromatic N) is 2. The van der Waals surface area contributed by atoms with E-state index in [9.17, 15) is 0 Å². The van der Waals surface area contributed by atoms with Crippen molar-refractivity contribution in [3.05, 3.63) is 47.5 Å². The third kappa shape index (κ3) is 2.59. The molecule has 0 aliphatic carbocycles. The second kappa shape index (κ2) is 6.16. The minimum atomic E-state index is -1.65. The first kappa shape index (κ1) is 16.4. The zero-order valence-corrected chi connectivity index (χ0v) is 17.2. The number of rotatable bonds is 2. The Morgan fingerprint density at radius 2 is 1.08 bits per heavy atom. The average molecular weight is 363 g/mol. The summed E-state index contributed by atoms with van der Waals surface area (Å²) in [7, 11) is -1.65. The van der Waals surface area contributed by atoms with E-state index in [0.717, 1.165) is 6.42 Å². The van der Waals surface area contributed by atoms with Crippen LogP contribution in [-0.2, 0) is 6.42 Å². The lowest BCUT2D eigenvalue weighted by molar-refractivity contribution is 0.949. The lowest BCUT2D eigenvalue weighted by Gasteiger charge is -2.35. The molecule has 0 N–H and O–H groups in total. The topological polar surface area (TPSA) is 6.48 Å². The van der Waals surface area contributed by atoms with Crippen molar-refractivity contribution < 1.29 is 0 Å². The molecule has 2 saturated heterocycles. The van der Waals surface area contributed by atoms with Crippen molar-refractivity contribution in [2.24, 2.45) is 0 Å². The van der Waals surface area contributed by atoms with Crippen LogP contribution in [0.5, 0.6) is 0 Å². The van der Waals surface area contributed by atoms with Gasteiger partial charge in [-0.1, -0.05) is 25.2 Å². The minimum absolute atomic E-state index is 1.11. The molecule has 3 heterocycles. The molecule has 3 heteroatoms. The highest BCUT2D eigenvalue weighted by molar-refractivity contribution is 7.01. The second-order valence-corrected chi connectivity index (χ2v) is 13.2. The van der Waals surface area contributed by atoms with Crippen molar-refractivity contribution in [3.8, 4) is 0 Å². The predicted octanol–water partition coefficient (Wildman–Crippen LogP) is 3.61. The van der Waals surface area contributed by atoms with Crippen LogP contribution in [-0.4, -0.2) is 34.3 Å². The summed E-state index contributed by atoms with van der Waals surface area (Å²) in [5.41, 5.74) is 6.07. The van der Waals surface area contributed by atoms with E-state index in [-0.39, 0.29) is 0 Å². The Labute approximate surface area is 158 Å². The fraction of sp³-hybridized carbons (Fsp3) is 0.478. The van der Waals surface area contributed by atoms with Crippen LogP contribution in [0.1, 0.15) is 36.8 Å². The maximum Gasteiger partial charge on any atom is 0.113 e. The molecule has 2 nitrogen and oxygen atoms in total. The van der Waals surface area contributed by atoms with Crippen LogP contribution in [0.4, 0.5) is 11.4 Å². The van der Waals surface area contributed by atoms with E-state index in [2.05, 4.69) is 59.3 Å². The van der Waals surface area contributed by atoms with E-state index in [0.29, 0.717) is 0 Å². The molecule has 2 aromatic rings. The fourth-order valence-electron chi connectivity index (χ4n) is 5.30. The SMILES string of the molecule is C[Si]1(C)c2cc(N3CCCC3)ccc2Cc2ccc(N3CCCC3)cc21. The maximum atomic E-state index is 2.58. The van der Waals surface area contributed by atoms with E-state index in [1.165, 1.54) is 63.2 Å². The number of hydrogen-bond donors (Lipinski definition) is 0. The third-order valence-electron chi connectivity index (χ3n) is 6.86. The molecule has 0 amide bonds. The molecule has 0 aromatic heterocycles. The molecule has 0 saturated carbocycles. The van der Waals surface area contributed by atoms with E-state index in [4.69, 9.17) is 0 Å². The van der Waals surface area contributed by atoms with Crippen LogP contribution in [0.3, 0.4) is 0 Å². The van der Waals surface area contributed by atoms with Crippen molar-refractivity contribution in [3.63, 3.8) is 0 Å². The minimum Gasteiger partial charge on any atom is -0.372 e. The summed E-state index contributed by atoms with van der Waals surface area (Å²) in [5.74, 6) is 0. The molecule has 0 bridgehead atoms. The van der Waals surface area contributed by atoms with Crippen LogP contribution in [0.25, 0.3) is 0 Å². The van der Waals surface area contributed by atoms with Gasteiger partial charge in [-0.3, -0.25) is 0 Å². The quantitative estimate of drug-likeness (QED) is 0.753. The molecule has 2 fully saturated rings. The lowest BCUT2D eigenvalue weighted by atomic mass is 10.0. The van der Waals surface area contributed by atoms with Gasteiger partial charge in [-0.05, 0) is 77.9 Å². The number of hydrogen-bond acceptors (Lipinski definition) is 2. The highest BCUT2D eigenvalue weighted by Crippen LogP contribution is 2.28. The summed E-state index contributed by atoms with van der Waals surface area (Å²) in [4.78, 5) is 5.17. The van der Waals surface area contributed by atoms with Gasteiger partial charge < -0.3 is 9.80 Å². The normalized spacial score (nSPS) is 21.0. The van der Waals surface area contributed by atoms with Gasteiger partial charge >= 0.3 is 0 Å². The van der Waals surface area contributed by atoms with Gasteiger partial charge in [0, 0.05) is 37.6 Å². The molecule has 5 rings (SSSR count). The Hall–Kier alpha value is -1.74. The second-order valence-electron chi connectivity index (χ2n) is 8.87. The molecule has 0 radical (unpaired) electrons. The molecule has 0 unspecified atom stereocenters. The summed E-state index contributed by atoms with van der Waals surface area (Å²) in [6.07, 6.45) is 6.50. The molecule has 3 aliphatic rings. The Balaban J connectivity index is 1.56. The largest absolute Gasteiger partial charge is 0.372 e. The number of anilines is 2. The fourth-order valence-corrected chi connectivity index (χ4v) is 8.55. The Morgan fingerprint density at radius 1 is 0.654 bits per heavy atom. The van der Waals surface area contributed by atoms with Gasteiger partial charge in [-0.2, -0.15) is 0 Å². The zero-order valence-electron chi connectivity index (χ0n) is 16.2. The van der Waals surface area contributed by atoms with Gasteiger partial charge in [0.1, 0.15) is 8.07 Å². The highest BCUT2D eigenvalue weighted by Gasteiger charge is 2.35. The summed E-state index contributed by atoms with van der Waals surface area (Å²) in [5, 5.41) is 3.35. The number of fused-ring (bicyclic) bond motifs is 2. The summed E-state index contributed by atoms with van der Waals surface area (Å²) in [6.45, 7) is 10.1. The van der Waals surface area contributed by atoms with Gasteiger partial charge in [0.15, 0.2) is 0 Å². The third-order valence-corrected chi connectivity index (χ3v) is 10.5.